The summed E-state index contributed by atoms with van der Waals surface area (Å²) in [6, 6.07) is 24.5. The van der Waals surface area contributed by atoms with E-state index in [1.807, 2.05) is 44.2 Å². The largest absolute Gasteiger partial charge is 0.321 e. The van der Waals surface area contributed by atoms with Gasteiger partial charge in [0.1, 0.15) is 0 Å². The molecule has 0 saturated heterocycles. The summed E-state index contributed by atoms with van der Waals surface area (Å²) in [6.45, 7) is 3.87. The zero-order valence-electron chi connectivity index (χ0n) is 19.4. The number of aryl methyl sites for hydroxylation is 2. The number of hydrogen-bond acceptors (Lipinski definition) is 3. The van der Waals surface area contributed by atoms with Crippen LogP contribution in [0.4, 0.5) is 11.4 Å². The molecule has 4 aromatic rings. The summed E-state index contributed by atoms with van der Waals surface area (Å²) in [4.78, 5) is 39.2. The predicted octanol–water partition coefficient (Wildman–Crippen LogP) is 4.48. The Morgan fingerprint density at radius 2 is 1.03 bits per heavy atom. The van der Waals surface area contributed by atoms with Gasteiger partial charge in [-0.1, -0.05) is 52.2 Å². The van der Waals surface area contributed by atoms with E-state index in [-0.39, 0.29) is 28.8 Å². The highest BCUT2D eigenvalue weighted by Gasteiger charge is 2.22. The summed E-state index contributed by atoms with van der Waals surface area (Å²) < 4.78 is 1.49. The zero-order chi connectivity index (χ0) is 24.8. The number of benzene rings is 3. The van der Waals surface area contributed by atoms with Crippen LogP contribution in [0.2, 0.25) is 0 Å². The molecule has 0 aliphatic carbocycles. The van der Waals surface area contributed by atoms with Crippen LogP contribution in [0.3, 0.4) is 0 Å². The molecule has 0 saturated carbocycles. The minimum absolute atomic E-state index is 0.129. The van der Waals surface area contributed by atoms with Gasteiger partial charge in [0.15, 0.2) is 12.4 Å². The van der Waals surface area contributed by atoms with E-state index < -0.39 is 5.91 Å². The summed E-state index contributed by atoms with van der Waals surface area (Å²) in [5.74, 6) is -1.23. The van der Waals surface area contributed by atoms with Crippen molar-refractivity contribution in [2.24, 2.45) is 0 Å². The van der Waals surface area contributed by atoms with Gasteiger partial charge in [0, 0.05) is 23.3 Å². The number of carbonyl (C=O) groups excluding carboxylic acids is 3. The molecule has 35 heavy (non-hydrogen) atoms. The van der Waals surface area contributed by atoms with E-state index in [2.05, 4.69) is 16.1 Å². The second-order valence-electron chi connectivity index (χ2n) is 8.09. The number of pyridine rings is 1. The molecule has 0 spiro atoms. The molecule has 0 bridgehead atoms. The molecule has 0 radical (unpaired) electrons. The Morgan fingerprint density at radius 3 is 1.49 bits per heavy atom. The van der Waals surface area contributed by atoms with E-state index in [0.29, 0.717) is 11.1 Å². The second kappa shape index (κ2) is 10.4. The normalized spacial score (nSPS) is 10.3. The van der Waals surface area contributed by atoms with E-state index >= 15 is 0 Å². The molecule has 1 aromatic heterocycles. The molecule has 0 atom stereocenters. The second-order valence-corrected chi connectivity index (χ2v) is 8.09. The zero-order valence-corrected chi connectivity index (χ0v) is 19.4. The van der Waals surface area contributed by atoms with Crippen molar-refractivity contribution >= 4 is 29.1 Å². The fourth-order valence-electron chi connectivity index (χ4n) is 3.45. The maximum atomic E-state index is 13.3. The number of nitrogens with zero attached hydrogens (tertiary/aromatic N) is 1. The van der Waals surface area contributed by atoms with Gasteiger partial charge in [0.05, 0.1) is 16.9 Å². The lowest BCUT2D eigenvalue weighted by Crippen LogP contribution is -2.47. The first-order valence-corrected chi connectivity index (χ1v) is 11.1. The summed E-state index contributed by atoms with van der Waals surface area (Å²) in [5.41, 5.74) is 6.39. The molecule has 0 unspecified atom stereocenters. The molecule has 3 amide bonds. The highest BCUT2D eigenvalue weighted by atomic mass is 16.2. The molecule has 4 rings (SSSR count). The number of amides is 3. The third kappa shape index (κ3) is 5.78. The van der Waals surface area contributed by atoms with Crippen LogP contribution in [0, 0.1) is 13.8 Å². The van der Waals surface area contributed by atoms with Crippen molar-refractivity contribution in [3.05, 3.63) is 125 Å². The lowest BCUT2D eigenvalue weighted by Gasteiger charge is -2.15. The van der Waals surface area contributed by atoms with Gasteiger partial charge in [-0.2, -0.15) is 0 Å². The average Bonchev–Trinajstić information content (AvgIpc) is 2.85. The summed E-state index contributed by atoms with van der Waals surface area (Å²) in [6.07, 6.45) is 3.35. The van der Waals surface area contributed by atoms with Crippen LogP contribution in [0.25, 0.3) is 0 Å². The van der Waals surface area contributed by atoms with E-state index in [1.165, 1.54) is 4.68 Å². The Bertz CT molecular complexity index is 1290. The van der Waals surface area contributed by atoms with Crippen LogP contribution in [0.1, 0.15) is 42.2 Å². The molecule has 3 aromatic carbocycles. The van der Waals surface area contributed by atoms with Crippen molar-refractivity contribution in [2.75, 3.05) is 16.1 Å². The standard InChI is InChI=1S/C28H24N4O3/c1-19-9-13-21(14-10-19)26(33)29-23-7-6-8-24(30-27(34)22-15-11-20(2)12-16-22)25(23)28(35)31-32-17-4-3-5-18-32/h3-18H,1-2H3,(H2-,29,30,31,33,34,35)/p+1. The summed E-state index contributed by atoms with van der Waals surface area (Å²) >= 11 is 0. The number of rotatable bonds is 6. The molecular weight excluding hydrogens is 440 g/mol. The van der Waals surface area contributed by atoms with Gasteiger partial charge < -0.3 is 10.6 Å². The lowest BCUT2D eigenvalue weighted by atomic mass is 10.1. The van der Waals surface area contributed by atoms with Gasteiger partial charge in [-0.3, -0.25) is 14.4 Å². The minimum Gasteiger partial charge on any atom is -0.321 e. The molecular formula is C28H25N4O3+. The number of carbonyl (C=O) groups is 3. The Morgan fingerprint density at radius 1 is 0.571 bits per heavy atom. The first-order valence-electron chi connectivity index (χ1n) is 11.1. The quantitative estimate of drug-likeness (QED) is 0.367. The monoisotopic (exact) mass is 465 g/mol. The molecule has 7 heteroatoms. The van der Waals surface area contributed by atoms with Crippen molar-refractivity contribution in [3.63, 3.8) is 0 Å². The molecule has 3 N–H and O–H groups in total. The van der Waals surface area contributed by atoms with Crippen molar-refractivity contribution < 1.29 is 19.1 Å². The van der Waals surface area contributed by atoms with Crippen LogP contribution < -0.4 is 20.7 Å². The third-order valence-electron chi connectivity index (χ3n) is 5.36. The molecule has 0 aliphatic heterocycles. The van der Waals surface area contributed by atoms with E-state index in [0.717, 1.165) is 11.1 Å². The number of aromatic nitrogens is 1. The van der Waals surface area contributed by atoms with Gasteiger partial charge in [0.25, 0.3) is 11.8 Å². The highest BCUT2D eigenvalue weighted by molar-refractivity contribution is 6.16. The molecule has 0 aliphatic rings. The van der Waals surface area contributed by atoms with E-state index in [1.54, 1.807) is 67.0 Å². The van der Waals surface area contributed by atoms with Gasteiger partial charge in [-0.25, -0.2) is 0 Å². The molecule has 1 heterocycles. The highest BCUT2D eigenvalue weighted by Crippen LogP contribution is 2.26. The summed E-state index contributed by atoms with van der Waals surface area (Å²) in [5, 5.41) is 5.63. The van der Waals surface area contributed by atoms with E-state index in [4.69, 9.17) is 0 Å². The number of anilines is 2. The average molecular weight is 466 g/mol. The lowest BCUT2D eigenvalue weighted by molar-refractivity contribution is -0.641. The predicted molar refractivity (Wildman–Crippen MR) is 135 cm³/mol. The van der Waals surface area contributed by atoms with Crippen LogP contribution in [-0.4, -0.2) is 17.7 Å². The fourth-order valence-corrected chi connectivity index (χ4v) is 3.45. The maximum absolute atomic E-state index is 13.3. The van der Waals surface area contributed by atoms with Gasteiger partial charge in [-0.05, 0) is 50.2 Å². The molecule has 0 fully saturated rings. The Balaban J connectivity index is 1.68. The van der Waals surface area contributed by atoms with Crippen LogP contribution >= 0.6 is 0 Å². The first kappa shape index (κ1) is 23.4. The van der Waals surface area contributed by atoms with Gasteiger partial charge >= 0.3 is 5.91 Å². The van der Waals surface area contributed by atoms with Gasteiger partial charge in [0.2, 0.25) is 0 Å². The van der Waals surface area contributed by atoms with Crippen LogP contribution in [-0.2, 0) is 0 Å². The first-order chi connectivity index (χ1) is 16.9. The van der Waals surface area contributed by atoms with Crippen molar-refractivity contribution in [2.45, 2.75) is 13.8 Å². The van der Waals surface area contributed by atoms with E-state index in [9.17, 15) is 14.4 Å². The molecule has 7 nitrogen and oxygen atoms in total. The topological polar surface area (TPSA) is 91.2 Å². The SMILES string of the molecule is Cc1ccc(C(=O)Nc2cccc(NC(=O)c3ccc(C)cc3)c2C(=O)N[n+]2ccccc2)cc1. The maximum Gasteiger partial charge on any atom is 0.309 e. The minimum atomic E-state index is -0.500. The fraction of sp³-hybridized carbons (Fsp3) is 0.0714. The van der Waals surface area contributed by atoms with Crippen molar-refractivity contribution in [1.29, 1.82) is 0 Å². The Labute approximate surface area is 203 Å². The Hall–Kier alpha value is -4.78. The number of hydrogen-bond donors (Lipinski definition) is 3. The molecule has 174 valence electrons. The number of nitrogens with one attached hydrogen (secondary N) is 3. The van der Waals surface area contributed by atoms with Crippen molar-refractivity contribution in [1.82, 2.24) is 0 Å². The summed E-state index contributed by atoms with van der Waals surface area (Å²) in [7, 11) is 0. The van der Waals surface area contributed by atoms with Crippen LogP contribution in [0.15, 0.2) is 97.3 Å². The van der Waals surface area contributed by atoms with Crippen molar-refractivity contribution in [3.8, 4) is 0 Å². The smallest absolute Gasteiger partial charge is 0.309 e. The van der Waals surface area contributed by atoms with Crippen LogP contribution in [0.5, 0.6) is 0 Å². The Kier molecular flexibility index (Phi) is 6.97. The van der Waals surface area contributed by atoms with Gasteiger partial charge in [-0.15, -0.1) is 5.43 Å². The third-order valence-corrected chi connectivity index (χ3v) is 5.36.